The van der Waals surface area contributed by atoms with Crippen molar-refractivity contribution in [2.45, 2.75) is 32.2 Å². The summed E-state index contributed by atoms with van der Waals surface area (Å²) in [5.74, 6) is 0. The van der Waals surface area contributed by atoms with Gasteiger partial charge in [0.1, 0.15) is 0 Å². The topological polar surface area (TPSA) is 12.0 Å². The number of benzene rings is 1. The summed E-state index contributed by atoms with van der Waals surface area (Å²) in [7, 11) is 0. The summed E-state index contributed by atoms with van der Waals surface area (Å²) in [4.78, 5) is 0. The Kier molecular flexibility index (Phi) is 6.02. The first-order chi connectivity index (χ1) is 7.33. The minimum atomic E-state index is -0.200. The normalized spacial score (nSPS) is 12.7. The smallest absolute Gasteiger partial charge is 0.0894 e. The Morgan fingerprint density at radius 1 is 1.20 bits per heavy atom. The SMILES string of the molecule is CC(Cc1ccccc1)NCCCCF. The van der Waals surface area contributed by atoms with Gasteiger partial charge in [0.05, 0.1) is 6.67 Å². The van der Waals surface area contributed by atoms with Crippen molar-refractivity contribution in [3.63, 3.8) is 0 Å². The molecule has 2 heteroatoms. The lowest BCUT2D eigenvalue weighted by Gasteiger charge is -2.13. The Bertz CT molecular complexity index is 248. The third-order valence-corrected chi connectivity index (χ3v) is 2.44. The first-order valence-corrected chi connectivity index (χ1v) is 5.66. The molecule has 1 N–H and O–H groups in total. The average molecular weight is 209 g/mol. The van der Waals surface area contributed by atoms with Crippen LogP contribution in [0.3, 0.4) is 0 Å². The molecular weight excluding hydrogens is 189 g/mol. The van der Waals surface area contributed by atoms with Crippen LogP contribution in [0.5, 0.6) is 0 Å². The van der Waals surface area contributed by atoms with Crippen molar-refractivity contribution in [1.29, 1.82) is 0 Å². The van der Waals surface area contributed by atoms with Gasteiger partial charge in [0.25, 0.3) is 0 Å². The van der Waals surface area contributed by atoms with E-state index in [-0.39, 0.29) is 6.67 Å². The highest BCUT2D eigenvalue weighted by Gasteiger charge is 2.01. The molecule has 1 aromatic rings. The highest BCUT2D eigenvalue weighted by Crippen LogP contribution is 2.02. The van der Waals surface area contributed by atoms with E-state index in [4.69, 9.17) is 0 Å². The third-order valence-electron chi connectivity index (χ3n) is 2.44. The minimum Gasteiger partial charge on any atom is -0.314 e. The van der Waals surface area contributed by atoms with Gasteiger partial charge >= 0.3 is 0 Å². The number of alkyl halides is 1. The van der Waals surface area contributed by atoms with E-state index in [0.717, 1.165) is 19.4 Å². The molecule has 1 unspecified atom stereocenters. The Labute approximate surface area is 91.7 Å². The number of hydrogen-bond acceptors (Lipinski definition) is 1. The van der Waals surface area contributed by atoms with Crippen LogP contribution in [0.4, 0.5) is 4.39 Å². The van der Waals surface area contributed by atoms with E-state index >= 15 is 0 Å². The van der Waals surface area contributed by atoms with Gasteiger partial charge in [-0.25, -0.2) is 0 Å². The molecule has 0 fully saturated rings. The van der Waals surface area contributed by atoms with E-state index in [1.807, 2.05) is 6.07 Å². The van der Waals surface area contributed by atoms with Gasteiger partial charge in [0, 0.05) is 6.04 Å². The number of unbranched alkanes of at least 4 members (excludes halogenated alkanes) is 1. The van der Waals surface area contributed by atoms with Crippen LogP contribution in [0.2, 0.25) is 0 Å². The van der Waals surface area contributed by atoms with E-state index in [1.54, 1.807) is 0 Å². The standard InChI is InChI=1S/C13H20FN/c1-12(15-10-6-5-9-14)11-13-7-3-2-4-8-13/h2-4,7-8,12,15H,5-6,9-11H2,1H3. The van der Waals surface area contributed by atoms with Crippen molar-refractivity contribution >= 4 is 0 Å². The van der Waals surface area contributed by atoms with E-state index in [9.17, 15) is 4.39 Å². The predicted molar refractivity (Wildman–Crippen MR) is 62.8 cm³/mol. The molecule has 84 valence electrons. The number of halogens is 1. The second-order valence-corrected chi connectivity index (χ2v) is 3.94. The van der Waals surface area contributed by atoms with Crippen molar-refractivity contribution in [3.8, 4) is 0 Å². The zero-order valence-corrected chi connectivity index (χ0v) is 9.38. The van der Waals surface area contributed by atoms with Crippen molar-refractivity contribution in [2.75, 3.05) is 13.2 Å². The summed E-state index contributed by atoms with van der Waals surface area (Å²) in [6, 6.07) is 10.9. The molecule has 0 amide bonds. The fraction of sp³-hybridized carbons (Fsp3) is 0.538. The fourth-order valence-electron chi connectivity index (χ4n) is 1.61. The minimum absolute atomic E-state index is 0.200. The zero-order chi connectivity index (χ0) is 10.9. The first kappa shape index (κ1) is 12.2. The van der Waals surface area contributed by atoms with Gasteiger partial charge in [-0.15, -0.1) is 0 Å². The summed E-state index contributed by atoms with van der Waals surface area (Å²) in [5, 5.41) is 3.40. The molecule has 1 rings (SSSR count). The molecule has 1 atom stereocenters. The van der Waals surface area contributed by atoms with Crippen LogP contribution in [0.1, 0.15) is 25.3 Å². The Balaban J connectivity index is 2.16. The number of hydrogen-bond donors (Lipinski definition) is 1. The van der Waals surface area contributed by atoms with Crippen LogP contribution in [0.25, 0.3) is 0 Å². The van der Waals surface area contributed by atoms with Gasteiger partial charge in [-0.05, 0) is 38.3 Å². The highest BCUT2D eigenvalue weighted by atomic mass is 19.1. The van der Waals surface area contributed by atoms with Gasteiger partial charge in [-0.1, -0.05) is 30.3 Å². The Morgan fingerprint density at radius 3 is 2.60 bits per heavy atom. The molecule has 15 heavy (non-hydrogen) atoms. The van der Waals surface area contributed by atoms with Gasteiger partial charge < -0.3 is 5.32 Å². The van der Waals surface area contributed by atoms with Crippen LogP contribution in [-0.2, 0) is 6.42 Å². The Hall–Kier alpha value is -0.890. The monoisotopic (exact) mass is 209 g/mol. The van der Waals surface area contributed by atoms with Gasteiger partial charge in [-0.2, -0.15) is 0 Å². The lowest BCUT2D eigenvalue weighted by Crippen LogP contribution is -2.29. The van der Waals surface area contributed by atoms with Gasteiger partial charge in [0.2, 0.25) is 0 Å². The molecule has 0 aliphatic heterocycles. The van der Waals surface area contributed by atoms with E-state index in [2.05, 4.69) is 36.5 Å². The zero-order valence-electron chi connectivity index (χ0n) is 9.38. The molecule has 0 heterocycles. The van der Waals surface area contributed by atoms with Crippen molar-refractivity contribution in [2.24, 2.45) is 0 Å². The highest BCUT2D eigenvalue weighted by molar-refractivity contribution is 5.15. The second kappa shape index (κ2) is 7.41. The Morgan fingerprint density at radius 2 is 1.93 bits per heavy atom. The van der Waals surface area contributed by atoms with Crippen molar-refractivity contribution in [1.82, 2.24) is 5.32 Å². The lowest BCUT2D eigenvalue weighted by molar-refractivity contribution is 0.444. The summed E-state index contributed by atoms with van der Waals surface area (Å²) in [5.41, 5.74) is 1.35. The van der Waals surface area contributed by atoms with E-state index < -0.39 is 0 Å². The lowest BCUT2D eigenvalue weighted by atomic mass is 10.1. The van der Waals surface area contributed by atoms with Crippen LogP contribution < -0.4 is 5.32 Å². The summed E-state index contributed by atoms with van der Waals surface area (Å²) in [6.07, 6.45) is 2.64. The maximum Gasteiger partial charge on any atom is 0.0894 e. The predicted octanol–water partition coefficient (Wildman–Crippen LogP) is 2.96. The summed E-state index contributed by atoms with van der Waals surface area (Å²) < 4.78 is 11.8. The van der Waals surface area contributed by atoms with Crippen LogP contribution >= 0.6 is 0 Å². The quantitative estimate of drug-likeness (QED) is 0.681. The molecule has 0 spiro atoms. The molecule has 0 aromatic heterocycles. The van der Waals surface area contributed by atoms with E-state index in [1.165, 1.54) is 5.56 Å². The molecular formula is C13H20FN. The molecule has 0 aliphatic rings. The number of rotatable bonds is 7. The molecule has 0 saturated heterocycles. The van der Waals surface area contributed by atoms with Crippen molar-refractivity contribution < 1.29 is 4.39 Å². The van der Waals surface area contributed by atoms with Crippen LogP contribution in [-0.4, -0.2) is 19.3 Å². The molecule has 0 saturated carbocycles. The second-order valence-electron chi connectivity index (χ2n) is 3.94. The average Bonchev–Trinajstić information content (AvgIpc) is 2.26. The molecule has 0 aliphatic carbocycles. The molecule has 0 bridgehead atoms. The first-order valence-electron chi connectivity index (χ1n) is 5.66. The van der Waals surface area contributed by atoms with Crippen LogP contribution in [0.15, 0.2) is 30.3 Å². The largest absolute Gasteiger partial charge is 0.314 e. The molecule has 1 nitrogen and oxygen atoms in total. The maximum absolute atomic E-state index is 11.8. The molecule has 0 radical (unpaired) electrons. The molecule has 1 aromatic carbocycles. The number of nitrogens with one attached hydrogen (secondary N) is 1. The fourth-order valence-corrected chi connectivity index (χ4v) is 1.61. The van der Waals surface area contributed by atoms with E-state index in [0.29, 0.717) is 12.5 Å². The van der Waals surface area contributed by atoms with Crippen molar-refractivity contribution in [3.05, 3.63) is 35.9 Å². The van der Waals surface area contributed by atoms with Crippen LogP contribution in [0, 0.1) is 0 Å². The maximum atomic E-state index is 11.8. The third kappa shape index (κ3) is 5.53. The van der Waals surface area contributed by atoms with Gasteiger partial charge in [0.15, 0.2) is 0 Å². The summed E-state index contributed by atoms with van der Waals surface area (Å²) in [6.45, 7) is 2.88. The van der Waals surface area contributed by atoms with Gasteiger partial charge in [-0.3, -0.25) is 4.39 Å². The summed E-state index contributed by atoms with van der Waals surface area (Å²) >= 11 is 0.